The number of carbonyl (C=O) groups excluding carboxylic acids is 1. The topological polar surface area (TPSA) is 77.6 Å². The maximum Gasteiger partial charge on any atom is 0.274 e. The van der Waals surface area contributed by atoms with Gasteiger partial charge in [-0.2, -0.15) is 0 Å². The van der Waals surface area contributed by atoms with Crippen LogP contribution < -0.4 is 5.32 Å². The molecule has 0 aliphatic rings. The highest BCUT2D eigenvalue weighted by atomic mass is 32.1. The Labute approximate surface area is 166 Å². The van der Waals surface area contributed by atoms with Crippen molar-refractivity contribution in [1.82, 2.24) is 24.1 Å². The van der Waals surface area contributed by atoms with Gasteiger partial charge in [0.1, 0.15) is 5.69 Å². The van der Waals surface area contributed by atoms with Crippen LogP contribution >= 0.6 is 11.3 Å². The molecule has 4 aromatic rings. The van der Waals surface area contributed by atoms with Crippen LogP contribution in [0.5, 0.6) is 0 Å². The zero-order valence-electron chi connectivity index (χ0n) is 15.2. The summed E-state index contributed by atoms with van der Waals surface area (Å²) in [4.78, 5) is 25.5. The minimum absolute atomic E-state index is 0.191. The van der Waals surface area contributed by atoms with Crippen LogP contribution in [-0.4, -0.2) is 30.0 Å². The van der Waals surface area contributed by atoms with Gasteiger partial charge in [-0.25, -0.2) is 9.97 Å². The van der Waals surface area contributed by atoms with Crippen molar-refractivity contribution in [2.24, 2.45) is 7.05 Å². The number of amides is 1. The van der Waals surface area contributed by atoms with Gasteiger partial charge in [-0.05, 0) is 35.9 Å². The van der Waals surface area contributed by atoms with Crippen molar-refractivity contribution in [2.45, 2.75) is 6.54 Å². The van der Waals surface area contributed by atoms with Gasteiger partial charge in [0.15, 0.2) is 5.13 Å². The fourth-order valence-corrected chi connectivity index (χ4v) is 3.39. The van der Waals surface area contributed by atoms with Gasteiger partial charge in [-0.15, -0.1) is 11.3 Å². The number of pyridine rings is 1. The summed E-state index contributed by atoms with van der Waals surface area (Å²) in [6.45, 7) is 0.583. The molecule has 1 N–H and O–H groups in total. The predicted octanol–water partition coefficient (Wildman–Crippen LogP) is 3.54. The third-order valence-electron chi connectivity index (χ3n) is 4.03. The highest BCUT2D eigenvalue weighted by molar-refractivity contribution is 7.14. The first-order valence-electron chi connectivity index (χ1n) is 8.64. The van der Waals surface area contributed by atoms with Gasteiger partial charge in [0.25, 0.3) is 5.91 Å². The van der Waals surface area contributed by atoms with Crippen LogP contribution in [0.4, 0.5) is 5.13 Å². The van der Waals surface area contributed by atoms with Gasteiger partial charge in [-0.3, -0.25) is 15.1 Å². The molecule has 28 heavy (non-hydrogen) atoms. The van der Waals surface area contributed by atoms with Crippen molar-refractivity contribution < 1.29 is 4.79 Å². The van der Waals surface area contributed by atoms with Crippen LogP contribution in [0.2, 0.25) is 0 Å². The molecule has 0 aliphatic carbocycles. The van der Waals surface area contributed by atoms with Gasteiger partial charge in [0.2, 0.25) is 0 Å². The Bertz CT molecular complexity index is 1110. The van der Waals surface area contributed by atoms with Crippen molar-refractivity contribution >= 4 is 34.5 Å². The first-order chi connectivity index (χ1) is 13.7. The van der Waals surface area contributed by atoms with E-state index in [4.69, 9.17) is 0 Å². The lowest BCUT2D eigenvalue weighted by atomic mass is 10.3. The normalized spacial score (nSPS) is 11.2. The maximum absolute atomic E-state index is 12.7. The summed E-state index contributed by atoms with van der Waals surface area (Å²) in [6.07, 6.45) is 12.8. The number of thiazole rings is 1. The van der Waals surface area contributed by atoms with E-state index in [1.54, 1.807) is 24.8 Å². The monoisotopic (exact) mass is 390 g/mol. The number of carbonyl (C=O) groups is 1. The highest BCUT2D eigenvalue weighted by Crippen LogP contribution is 2.18. The second-order valence-corrected chi connectivity index (χ2v) is 7.07. The van der Waals surface area contributed by atoms with Gasteiger partial charge in [0, 0.05) is 43.8 Å². The minimum atomic E-state index is -0.191. The van der Waals surface area contributed by atoms with E-state index in [0.717, 1.165) is 17.0 Å². The SMILES string of the molecule is Cn1cnc(/C=C/c2csc(NC(=O)c3cccn3Cc3cccnc3)n2)c1. The summed E-state index contributed by atoms with van der Waals surface area (Å²) >= 11 is 1.39. The lowest BCUT2D eigenvalue weighted by molar-refractivity contribution is 0.101. The minimum Gasteiger partial charge on any atom is -0.340 e. The van der Waals surface area contributed by atoms with Crippen molar-refractivity contribution in [1.29, 1.82) is 0 Å². The fraction of sp³-hybridized carbons (Fsp3) is 0.100. The molecule has 8 heteroatoms. The number of imidazole rings is 1. The van der Waals surface area contributed by atoms with E-state index in [2.05, 4.69) is 20.3 Å². The Morgan fingerprint density at radius 2 is 2.14 bits per heavy atom. The molecule has 4 aromatic heterocycles. The fourth-order valence-electron chi connectivity index (χ4n) is 2.72. The number of aromatic nitrogens is 5. The van der Waals surface area contributed by atoms with Crippen molar-refractivity contribution in [3.05, 3.63) is 83.4 Å². The number of nitrogens with one attached hydrogen (secondary N) is 1. The van der Waals surface area contributed by atoms with E-state index in [9.17, 15) is 4.79 Å². The molecule has 0 atom stereocenters. The zero-order chi connectivity index (χ0) is 19.3. The van der Waals surface area contributed by atoms with Gasteiger partial charge < -0.3 is 9.13 Å². The summed E-state index contributed by atoms with van der Waals surface area (Å²) < 4.78 is 3.77. The van der Waals surface area contributed by atoms with Crippen LogP contribution in [0.15, 0.2) is 60.8 Å². The third-order valence-corrected chi connectivity index (χ3v) is 4.81. The molecule has 140 valence electrons. The number of aryl methyl sites for hydroxylation is 1. The molecule has 0 aliphatic heterocycles. The van der Waals surface area contributed by atoms with E-state index in [1.807, 2.05) is 64.3 Å². The summed E-state index contributed by atoms with van der Waals surface area (Å²) in [5.41, 5.74) is 3.24. The summed E-state index contributed by atoms with van der Waals surface area (Å²) in [6, 6.07) is 7.51. The highest BCUT2D eigenvalue weighted by Gasteiger charge is 2.13. The van der Waals surface area contributed by atoms with Crippen molar-refractivity contribution in [3.63, 3.8) is 0 Å². The molecule has 0 bridgehead atoms. The van der Waals surface area contributed by atoms with E-state index in [-0.39, 0.29) is 5.91 Å². The Morgan fingerprint density at radius 1 is 1.25 bits per heavy atom. The van der Waals surface area contributed by atoms with Gasteiger partial charge >= 0.3 is 0 Å². The van der Waals surface area contributed by atoms with Crippen LogP contribution in [-0.2, 0) is 13.6 Å². The molecular formula is C20H18N6OS. The molecule has 0 unspecified atom stereocenters. The van der Waals surface area contributed by atoms with Gasteiger partial charge in [-0.1, -0.05) is 6.07 Å². The average Bonchev–Trinajstić information content (AvgIpc) is 3.42. The molecular weight excluding hydrogens is 372 g/mol. The van der Waals surface area contributed by atoms with Gasteiger partial charge in [0.05, 0.1) is 17.7 Å². The Balaban J connectivity index is 1.43. The summed E-state index contributed by atoms with van der Waals surface area (Å²) in [5, 5.41) is 5.32. The molecule has 0 spiro atoms. The molecule has 0 saturated carbocycles. The first kappa shape index (κ1) is 17.9. The van der Waals surface area contributed by atoms with Crippen LogP contribution in [0.3, 0.4) is 0 Å². The predicted molar refractivity (Wildman–Crippen MR) is 110 cm³/mol. The molecule has 7 nitrogen and oxygen atoms in total. The number of hydrogen-bond acceptors (Lipinski definition) is 5. The molecule has 1 amide bonds. The average molecular weight is 390 g/mol. The third kappa shape index (κ3) is 4.24. The largest absolute Gasteiger partial charge is 0.340 e. The van der Waals surface area contributed by atoms with E-state index in [1.165, 1.54) is 11.3 Å². The lowest BCUT2D eigenvalue weighted by Crippen LogP contribution is -2.17. The van der Waals surface area contributed by atoms with E-state index in [0.29, 0.717) is 17.4 Å². The molecule has 4 heterocycles. The zero-order valence-corrected chi connectivity index (χ0v) is 16.0. The second kappa shape index (κ2) is 8.01. The Morgan fingerprint density at radius 3 is 2.93 bits per heavy atom. The quantitative estimate of drug-likeness (QED) is 0.546. The lowest BCUT2D eigenvalue weighted by Gasteiger charge is -2.08. The maximum atomic E-state index is 12.7. The van der Waals surface area contributed by atoms with Crippen LogP contribution in [0.25, 0.3) is 12.2 Å². The Kier molecular flexibility index (Phi) is 5.11. The Hall–Kier alpha value is -3.52. The summed E-state index contributed by atoms with van der Waals surface area (Å²) in [7, 11) is 1.92. The van der Waals surface area contributed by atoms with E-state index >= 15 is 0 Å². The molecule has 0 aromatic carbocycles. The van der Waals surface area contributed by atoms with Crippen LogP contribution in [0.1, 0.15) is 27.4 Å². The van der Waals surface area contributed by atoms with E-state index < -0.39 is 0 Å². The number of nitrogens with zero attached hydrogens (tertiary/aromatic N) is 5. The number of anilines is 1. The van der Waals surface area contributed by atoms with Crippen LogP contribution in [0, 0.1) is 0 Å². The molecule has 0 fully saturated rings. The standard InChI is InChI=1S/C20H18N6OS/c1-25-12-16(22-14-25)6-7-17-13-28-20(23-17)24-19(27)18-5-3-9-26(18)11-15-4-2-8-21-10-15/h2-10,12-14H,11H2,1H3,(H,23,24,27)/b7-6+. The molecule has 4 rings (SSSR count). The van der Waals surface area contributed by atoms with Crippen molar-refractivity contribution in [3.8, 4) is 0 Å². The number of rotatable bonds is 6. The number of hydrogen-bond donors (Lipinski definition) is 1. The molecule has 0 saturated heterocycles. The first-order valence-corrected chi connectivity index (χ1v) is 9.52. The molecule has 0 radical (unpaired) electrons. The summed E-state index contributed by atoms with van der Waals surface area (Å²) in [5.74, 6) is -0.191. The van der Waals surface area contributed by atoms with Crippen molar-refractivity contribution in [2.75, 3.05) is 5.32 Å². The smallest absolute Gasteiger partial charge is 0.274 e. The second-order valence-electron chi connectivity index (χ2n) is 6.21.